The molecule has 2 N–H and O–H groups in total. The number of hydrogen-bond donors (Lipinski definition) is 2. The third-order valence-electron chi connectivity index (χ3n) is 3.29. The molecule has 0 aromatic heterocycles. The van der Waals surface area contributed by atoms with Gasteiger partial charge < -0.3 is 10.4 Å². The zero-order valence-corrected chi connectivity index (χ0v) is 12.1. The van der Waals surface area contributed by atoms with Crippen LogP contribution in [0.25, 0.3) is 0 Å². The number of aliphatic carboxylic acids is 1. The Bertz CT molecular complexity index is 538. The predicted octanol–water partition coefficient (Wildman–Crippen LogP) is 0.713. The summed E-state index contributed by atoms with van der Waals surface area (Å²) in [6.45, 7) is 3.70. The lowest BCUT2D eigenvalue weighted by Gasteiger charge is -2.37. The Morgan fingerprint density at radius 1 is 1.55 bits per heavy atom. The Kier molecular flexibility index (Phi) is 4.17. The molecule has 1 fully saturated rings. The average molecular weight is 296 g/mol. The molecule has 6 nitrogen and oxygen atoms in total. The monoisotopic (exact) mass is 296 g/mol. The Hall–Kier alpha value is -1.76. The maximum Gasteiger partial charge on any atom is 0.353 e. The third kappa shape index (κ3) is 2.45. The highest BCUT2D eigenvalue weighted by Crippen LogP contribution is 2.45. The van der Waals surface area contributed by atoms with Crippen LogP contribution in [0.15, 0.2) is 22.3 Å². The van der Waals surface area contributed by atoms with Gasteiger partial charge in [-0.3, -0.25) is 14.5 Å². The highest BCUT2D eigenvalue weighted by Gasteiger charge is 2.51. The average Bonchev–Trinajstić information content (AvgIpc) is 2.70. The molecular formula is C13H16N2O4S. The first-order chi connectivity index (χ1) is 9.47. The summed E-state index contributed by atoms with van der Waals surface area (Å²) in [6.07, 6.45) is 2.30. The first-order valence-corrected chi connectivity index (χ1v) is 7.29. The molecule has 0 bridgehead atoms. The lowest BCUT2D eigenvalue weighted by atomic mass is 9.94. The summed E-state index contributed by atoms with van der Waals surface area (Å²) in [7, 11) is 0. The lowest BCUT2D eigenvalue weighted by molar-refractivity contribution is -0.142. The van der Waals surface area contributed by atoms with Gasteiger partial charge in [0.05, 0.1) is 6.04 Å². The Labute approximate surface area is 120 Å². The molecule has 0 saturated carbocycles. The minimum atomic E-state index is -1.07. The fourth-order valence-electron chi connectivity index (χ4n) is 2.43. The van der Waals surface area contributed by atoms with Crippen LogP contribution in [0.1, 0.15) is 20.3 Å². The number of hydrogen-bond acceptors (Lipinski definition) is 4. The van der Waals surface area contributed by atoms with Gasteiger partial charge in [-0.05, 0) is 6.92 Å². The van der Waals surface area contributed by atoms with E-state index in [1.54, 1.807) is 13.0 Å². The Balaban J connectivity index is 2.06. The van der Waals surface area contributed by atoms with E-state index in [4.69, 9.17) is 0 Å². The first-order valence-electron chi connectivity index (χ1n) is 6.30. The van der Waals surface area contributed by atoms with E-state index in [2.05, 4.69) is 5.32 Å². The smallest absolute Gasteiger partial charge is 0.353 e. The maximum absolute atomic E-state index is 11.8. The molecule has 0 aliphatic carbocycles. The number of rotatable bonds is 5. The summed E-state index contributed by atoms with van der Waals surface area (Å²) in [5, 5.41) is 11.9. The van der Waals surface area contributed by atoms with Gasteiger partial charge in [-0.15, -0.1) is 11.8 Å². The number of thioether (sulfide) groups is 1. The van der Waals surface area contributed by atoms with Crippen molar-refractivity contribution in [1.29, 1.82) is 0 Å². The molecule has 2 amide bonds. The van der Waals surface area contributed by atoms with Gasteiger partial charge in [-0.1, -0.05) is 6.08 Å². The van der Waals surface area contributed by atoms with Gasteiger partial charge in [0.1, 0.15) is 5.70 Å². The minimum Gasteiger partial charge on any atom is -0.477 e. The van der Waals surface area contributed by atoms with E-state index in [0.717, 1.165) is 0 Å². The second-order valence-corrected chi connectivity index (χ2v) is 5.74. The van der Waals surface area contributed by atoms with Crippen molar-refractivity contribution >= 4 is 29.5 Å². The van der Waals surface area contributed by atoms with Crippen molar-refractivity contribution in [2.24, 2.45) is 0 Å². The number of fused-ring (bicyclic) bond motifs is 1. The predicted molar refractivity (Wildman–Crippen MR) is 74.8 cm³/mol. The standard InChI is InChI=1S/C13H16N2O4S/c1-3-8-9-6-10(20-5-4-14-7(2)16)11(13(18)19)15(9)12(8)17/h3,9H,4-6H2,1-2H3,(H,14,16)(H,18,19)/b8-3+/t9-/m1/s1. The molecule has 2 heterocycles. The van der Waals surface area contributed by atoms with Crippen LogP contribution in [0.2, 0.25) is 0 Å². The van der Waals surface area contributed by atoms with Crippen LogP contribution in [0.3, 0.4) is 0 Å². The van der Waals surface area contributed by atoms with Crippen molar-refractivity contribution in [3.8, 4) is 0 Å². The van der Waals surface area contributed by atoms with Crippen molar-refractivity contribution in [2.75, 3.05) is 12.3 Å². The van der Waals surface area contributed by atoms with Gasteiger partial charge in [0.2, 0.25) is 5.91 Å². The number of allylic oxidation sites excluding steroid dienone is 1. The van der Waals surface area contributed by atoms with E-state index in [1.807, 2.05) is 0 Å². The van der Waals surface area contributed by atoms with Crippen LogP contribution < -0.4 is 5.32 Å². The third-order valence-corrected chi connectivity index (χ3v) is 4.40. The molecule has 2 aliphatic heterocycles. The zero-order valence-electron chi connectivity index (χ0n) is 11.3. The fraction of sp³-hybridized carbons (Fsp3) is 0.462. The fourth-order valence-corrected chi connectivity index (χ4v) is 3.48. The second-order valence-electron chi connectivity index (χ2n) is 4.55. The molecule has 1 saturated heterocycles. The molecule has 0 radical (unpaired) electrons. The highest BCUT2D eigenvalue weighted by molar-refractivity contribution is 8.03. The van der Waals surface area contributed by atoms with Gasteiger partial charge in [0, 0.05) is 36.1 Å². The summed E-state index contributed by atoms with van der Waals surface area (Å²) in [5.74, 6) is -0.809. The Morgan fingerprint density at radius 3 is 2.80 bits per heavy atom. The molecule has 0 aromatic rings. The number of carbonyl (C=O) groups is 3. The van der Waals surface area contributed by atoms with Gasteiger partial charge in [0.25, 0.3) is 5.91 Å². The van der Waals surface area contributed by atoms with Gasteiger partial charge >= 0.3 is 5.97 Å². The van der Waals surface area contributed by atoms with E-state index >= 15 is 0 Å². The number of amides is 2. The maximum atomic E-state index is 11.8. The highest BCUT2D eigenvalue weighted by atomic mass is 32.2. The molecule has 0 unspecified atom stereocenters. The van der Waals surface area contributed by atoms with Crippen molar-refractivity contribution in [2.45, 2.75) is 26.3 Å². The topological polar surface area (TPSA) is 86.7 Å². The molecule has 2 aliphatic rings. The quantitative estimate of drug-likeness (QED) is 0.443. The zero-order chi connectivity index (χ0) is 14.9. The molecule has 20 heavy (non-hydrogen) atoms. The summed E-state index contributed by atoms with van der Waals surface area (Å²) in [4.78, 5) is 36.0. The van der Waals surface area contributed by atoms with Gasteiger partial charge in [0.15, 0.2) is 0 Å². The molecule has 2 rings (SSSR count). The van der Waals surface area contributed by atoms with E-state index in [-0.39, 0.29) is 23.6 Å². The minimum absolute atomic E-state index is 0.0958. The molecule has 0 aromatic carbocycles. The summed E-state index contributed by atoms with van der Waals surface area (Å²) >= 11 is 1.39. The summed E-state index contributed by atoms with van der Waals surface area (Å²) < 4.78 is 0. The van der Waals surface area contributed by atoms with Crippen LogP contribution >= 0.6 is 11.8 Å². The normalized spacial score (nSPS) is 22.9. The molecule has 1 atom stereocenters. The van der Waals surface area contributed by atoms with E-state index in [1.165, 1.54) is 23.6 Å². The van der Waals surface area contributed by atoms with Crippen LogP contribution in [-0.4, -0.2) is 46.1 Å². The number of carboxylic acid groups (broad SMARTS) is 1. The van der Waals surface area contributed by atoms with Crippen LogP contribution in [0, 0.1) is 0 Å². The molecule has 7 heteroatoms. The number of carbonyl (C=O) groups excluding carboxylic acids is 2. The number of carboxylic acids is 1. The van der Waals surface area contributed by atoms with Crippen LogP contribution in [0.5, 0.6) is 0 Å². The van der Waals surface area contributed by atoms with Gasteiger partial charge in [-0.25, -0.2) is 4.79 Å². The molecule has 108 valence electrons. The van der Waals surface area contributed by atoms with Crippen molar-refractivity contribution < 1.29 is 19.5 Å². The summed E-state index contributed by atoms with van der Waals surface area (Å²) in [6, 6.07) is -0.123. The van der Waals surface area contributed by atoms with Crippen LogP contribution in [-0.2, 0) is 14.4 Å². The second kappa shape index (κ2) is 5.70. The molecular weight excluding hydrogens is 280 g/mol. The first kappa shape index (κ1) is 14.6. The van der Waals surface area contributed by atoms with Crippen molar-refractivity contribution in [3.63, 3.8) is 0 Å². The SMILES string of the molecule is C/C=C1/C(=O)N2C(C(=O)O)=C(SCCNC(C)=O)C[C@H]12. The van der Waals surface area contributed by atoms with Crippen molar-refractivity contribution in [3.05, 3.63) is 22.3 Å². The van der Waals surface area contributed by atoms with E-state index < -0.39 is 5.97 Å². The van der Waals surface area contributed by atoms with Crippen molar-refractivity contribution in [1.82, 2.24) is 10.2 Å². The number of β-lactam (4-membered cyclic amide) rings is 1. The summed E-state index contributed by atoms with van der Waals surface area (Å²) in [5.41, 5.74) is 0.777. The van der Waals surface area contributed by atoms with E-state index in [0.29, 0.717) is 29.2 Å². The lowest BCUT2D eigenvalue weighted by Crippen LogP contribution is -2.52. The number of nitrogens with zero attached hydrogens (tertiary/aromatic N) is 1. The largest absolute Gasteiger partial charge is 0.477 e. The van der Waals surface area contributed by atoms with E-state index in [9.17, 15) is 19.5 Å². The number of nitrogens with one attached hydrogen (secondary N) is 1. The van der Waals surface area contributed by atoms with Gasteiger partial charge in [-0.2, -0.15) is 0 Å². The molecule has 0 spiro atoms. The Morgan fingerprint density at radius 2 is 2.25 bits per heavy atom. The van der Waals surface area contributed by atoms with Crippen LogP contribution in [0.4, 0.5) is 0 Å².